The molecular weight excluding hydrogens is 333 g/mol. The first-order chi connectivity index (χ1) is 7.69. The van der Waals surface area contributed by atoms with Gasteiger partial charge in [0.2, 0.25) is 0 Å². The molecule has 1 unspecified atom stereocenters. The van der Waals surface area contributed by atoms with Crippen molar-refractivity contribution >= 4 is 34.2 Å². The molecule has 0 aliphatic rings. The van der Waals surface area contributed by atoms with E-state index >= 15 is 0 Å². The lowest BCUT2D eigenvalue weighted by molar-refractivity contribution is 0.512. The molecule has 90 valence electrons. The van der Waals surface area contributed by atoms with Crippen LogP contribution in [-0.2, 0) is 0 Å². The summed E-state index contributed by atoms with van der Waals surface area (Å²) in [7, 11) is 2.02. The average Bonchev–Trinajstić information content (AvgIpc) is 2.29. The molecule has 0 heterocycles. The maximum Gasteiger partial charge on any atom is 0.0542 e. The largest absolute Gasteiger partial charge is 0.313 e. The third kappa shape index (κ3) is 4.22. The summed E-state index contributed by atoms with van der Waals surface area (Å²) in [5, 5.41) is 4.22. The Labute approximate surface area is 117 Å². The fourth-order valence-corrected chi connectivity index (χ4v) is 2.33. The van der Waals surface area contributed by atoms with E-state index in [1.807, 2.05) is 7.05 Å². The van der Waals surface area contributed by atoms with E-state index in [-0.39, 0.29) is 0 Å². The first-order valence-corrected chi connectivity index (χ1v) is 7.27. The monoisotopic (exact) mass is 351 g/mol. The Morgan fingerprint density at radius 3 is 2.69 bits per heavy atom. The molecule has 1 nitrogen and oxygen atoms in total. The SMILES string of the molecule is CCCCCC(NC)c1ccc(I)c(Cl)c1. The van der Waals surface area contributed by atoms with Crippen molar-refractivity contribution < 1.29 is 0 Å². The Bertz CT molecular complexity index is 328. The van der Waals surface area contributed by atoms with Crippen molar-refractivity contribution in [2.75, 3.05) is 7.05 Å². The van der Waals surface area contributed by atoms with Crippen LogP contribution in [0.1, 0.15) is 44.2 Å². The van der Waals surface area contributed by atoms with Crippen LogP contribution in [0.2, 0.25) is 5.02 Å². The zero-order valence-electron chi connectivity index (χ0n) is 9.89. The maximum absolute atomic E-state index is 6.14. The van der Waals surface area contributed by atoms with Gasteiger partial charge in [0.15, 0.2) is 0 Å². The van der Waals surface area contributed by atoms with E-state index in [0.717, 1.165) is 8.59 Å². The molecule has 0 saturated carbocycles. The molecule has 1 atom stereocenters. The van der Waals surface area contributed by atoms with Gasteiger partial charge in [-0.2, -0.15) is 0 Å². The van der Waals surface area contributed by atoms with Crippen LogP contribution in [0.5, 0.6) is 0 Å². The molecule has 0 aliphatic heterocycles. The highest BCUT2D eigenvalue weighted by Gasteiger charge is 2.09. The summed E-state index contributed by atoms with van der Waals surface area (Å²) in [5.41, 5.74) is 1.30. The molecule has 3 heteroatoms. The van der Waals surface area contributed by atoms with Crippen LogP contribution in [0.15, 0.2) is 18.2 Å². The second-order valence-electron chi connectivity index (χ2n) is 4.01. The van der Waals surface area contributed by atoms with E-state index in [4.69, 9.17) is 11.6 Å². The third-order valence-corrected chi connectivity index (χ3v) is 4.36. The molecule has 1 aromatic rings. The Hall–Kier alpha value is 0.200. The first kappa shape index (κ1) is 14.3. The standard InChI is InChI=1S/C13H19ClIN/c1-3-4-5-6-13(16-2)10-7-8-12(15)11(14)9-10/h7-9,13,16H,3-6H2,1-2H3. The molecule has 0 radical (unpaired) electrons. The molecule has 1 rings (SSSR count). The van der Waals surface area contributed by atoms with Crippen molar-refractivity contribution in [3.05, 3.63) is 32.4 Å². The lowest BCUT2D eigenvalue weighted by Gasteiger charge is -2.17. The zero-order valence-corrected chi connectivity index (χ0v) is 12.8. The minimum atomic E-state index is 0.432. The van der Waals surface area contributed by atoms with Crippen LogP contribution in [-0.4, -0.2) is 7.05 Å². The number of benzene rings is 1. The van der Waals surface area contributed by atoms with Crippen LogP contribution in [0, 0.1) is 3.57 Å². The van der Waals surface area contributed by atoms with Crippen molar-refractivity contribution in [3.8, 4) is 0 Å². The van der Waals surface area contributed by atoms with Crippen molar-refractivity contribution in [2.45, 2.75) is 38.6 Å². The first-order valence-electron chi connectivity index (χ1n) is 5.81. The second kappa shape index (κ2) is 7.51. The van der Waals surface area contributed by atoms with E-state index in [2.05, 4.69) is 53.0 Å². The maximum atomic E-state index is 6.14. The van der Waals surface area contributed by atoms with Gasteiger partial charge in [-0.05, 0) is 53.8 Å². The number of hydrogen-bond acceptors (Lipinski definition) is 1. The quantitative estimate of drug-likeness (QED) is 0.574. The molecule has 0 fully saturated rings. The summed E-state index contributed by atoms with van der Waals surface area (Å²) in [4.78, 5) is 0. The number of nitrogens with one attached hydrogen (secondary N) is 1. The Balaban J connectivity index is 2.67. The molecule has 16 heavy (non-hydrogen) atoms. The van der Waals surface area contributed by atoms with Crippen molar-refractivity contribution in [2.24, 2.45) is 0 Å². The van der Waals surface area contributed by atoms with Crippen LogP contribution in [0.3, 0.4) is 0 Å². The van der Waals surface area contributed by atoms with Gasteiger partial charge in [-0.15, -0.1) is 0 Å². The number of unbranched alkanes of at least 4 members (excludes halogenated alkanes) is 2. The molecular formula is C13H19ClIN. The van der Waals surface area contributed by atoms with E-state index in [1.54, 1.807) is 0 Å². The van der Waals surface area contributed by atoms with E-state index in [9.17, 15) is 0 Å². The van der Waals surface area contributed by atoms with Crippen molar-refractivity contribution in [1.82, 2.24) is 5.32 Å². The highest BCUT2D eigenvalue weighted by atomic mass is 127. The lowest BCUT2D eigenvalue weighted by Crippen LogP contribution is -2.16. The van der Waals surface area contributed by atoms with Crippen LogP contribution >= 0.6 is 34.2 Å². The van der Waals surface area contributed by atoms with Crippen LogP contribution in [0.25, 0.3) is 0 Å². The fourth-order valence-electron chi connectivity index (χ4n) is 1.81. The van der Waals surface area contributed by atoms with E-state index < -0.39 is 0 Å². The smallest absolute Gasteiger partial charge is 0.0542 e. The summed E-state index contributed by atoms with van der Waals surface area (Å²) < 4.78 is 1.12. The molecule has 0 bridgehead atoms. The lowest BCUT2D eigenvalue weighted by atomic mass is 10.0. The van der Waals surface area contributed by atoms with Crippen LogP contribution < -0.4 is 5.32 Å². The Morgan fingerprint density at radius 2 is 2.12 bits per heavy atom. The predicted molar refractivity (Wildman–Crippen MR) is 80.1 cm³/mol. The molecule has 0 spiro atoms. The van der Waals surface area contributed by atoms with Gasteiger partial charge in [-0.3, -0.25) is 0 Å². The zero-order chi connectivity index (χ0) is 12.0. The summed E-state index contributed by atoms with van der Waals surface area (Å²) in [5.74, 6) is 0. The van der Waals surface area contributed by atoms with Gasteiger partial charge in [0.05, 0.1) is 5.02 Å². The average molecular weight is 352 g/mol. The minimum absolute atomic E-state index is 0.432. The summed E-state index contributed by atoms with van der Waals surface area (Å²) >= 11 is 8.40. The fraction of sp³-hybridized carbons (Fsp3) is 0.538. The van der Waals surface area contributed by atoms with Gasteiger partial charge in [0.1, 0.15) is 0 Å². The molecule has 1 N–H and O–H groups in total. The van der Waals surface area contributed by atoms with E-state index in [1.165, 1.54) is 31.2 Å². The molecule has 1 aromatic carbocycles. The molecule has 0 aliphatic carbocycles. The van der Waals surface area contributed by atoms with Gasteiger partial charge in [0.25, 0.3) is 0 Å². The highest BCUT2D eigenvalue weighted by molar-refractivity contribution is 14.1. The van der Waals surface area contributed by atoms with Gasteiger partial charge in [-0.25, -0.2) is 0 Å². The topological polar surface area (TPSA) is 12.0 Å². The Morgan fingerprint density at radius 1 is 1.38 bits per heavy atom. The minimum Gasteiger partial charge on any atom is -0.313 e. The van der Waals surface area contributed by atoms with Gasteiger partial charge >= 0.3 is 0 Å². The third-order valence-electron chi connectivity index (χ3n) is 2.79. The normalized spacial score (nSPS) is 12.8. The highest BCUT2D eigenvalue weighted by Crippen LogP contribution is 2.25. The summed E-state index contributed by atoms with van der Waals surface area (Å²) in [6, 6.07) is 6.76. The van der Waals surface area contributed by atoms with Gasteiger partial charge in [-0.1, -0.05) is 43.9 Å². The van der Waals surface area contributed by atoms with Gasteiger partial charge < -0.3 is 5.32 Å². The van der Waals surface area contributed by atoms with Crippen molar-refractivity contribution in [3.63, 3.8) is 0 Å². The molecule has 0 aromatic heterocycles. The Kier molecular flexibility index (Phi) is 6.70. The van der Waals surface area contributed by atoms with Crippen LogP contribution in [0.4, 0.5) is 0 Å². The summed E-state index contributed by atoms with van der Waals surface area (Å²) in [6.45, 7) is 2.23. The van der Waals surface area contributed by atoms with Gasteiger partial charge in [0, 0.05) is 9.61 Å². The number of hydrogen-bond donors (Lipinski definition) is 1. The molecule has 0 amide bonds. The predicted octanol–water partition coefficient (Wildman–Crippen LogP) is 4.79. The number of rotatable bonds is 6. The second-order valence-corrected chi connectivity index (χ2v) is 5.58. The number of halogens is 2. The van der Waals surface area contributed by atoms with E-state index in [0.29, 0.717) is 6.04 Å². The molecule has 0 saturated heterocycles. The summed E-state index contributed by atoms with van der Waals surface area (Å²) in [6.07, 6.45) is 5.02. The van der Waals surface area contributed by atoms with Crippen molar-refractivity contribution in [1.29, 1.82) is 0 Å².